The van der Waals surface area contributed by atoms with Gasteiger partial charge in [0.25, 0.3) is 5.91 Å². The quantitative estimate of drug-likeness (QED) is 0.760. The predicted octanol–water partition coefficient (Wildman–Crippen LogP) is 2.83. The average molecular weight is 361 g/mol. The largest absolute Gasteiger partial charge is 0.493 e. The monoisotopic (exact) mass is 360 g/mol. The van der Waals surface area contributed by atoms with E-state index in [1.807, 2.05) is 25.1 Å². The number of halogens is 1. The van der Waals surface area contributed by atoms with Crippen molar-refractivity contribution in [2.45, 2.75) is 13.3 Å². The summed E-state index contributed by atoms with van der Waals surface area (Å²) in [5.74, 6) is -0.0813. The van der Waals surface area contributed by atoms with Gasteiger partial charge in [-0.25, -0.2) is 0 Å². The second-order valence-electron chi connectivity index (χ2n) is 5.34. The van der Waals surface area contributed by atoms with Crippen LogP contribution in [-0.2, 0) is 11.2 Å². The van der Waals surface area contributed by atoms with E-state index >= 15 is 0 Å². The highest BCUT2D eigenvalue weighted by molar-refractivity contribution is 6.30. The highest BCUT2D eigenvalue weighted by Crippen LogP contribution is 2.17. The Bertz CT molecular complexity index is 734. The van der Waals surface area contributed by atoms with Crippen LogP contribution in [0.1, 0.15) is 22.8 Å². The second kappa shape index (κ2) is 9.69. The van der Waals surface area contributed by atoms with Crippen LogP contribution in [-0.4, -0.2) is 31.5 Å². The minimum atomic E-state index is -0.339. The number of para-hydroxylation sites is 1. The van der Waals surface area contributed by atoms with E-state index < -0.39 is 0 Å². The summed E-state index contributed by atoms with van der Waals surface area (Å²) in [6.07, 6.45) is 0.674. The van der Waals surface area contributed by atoms with Crippen LogP contribution < -0.4 is 15.4 Å². The fourth-order valence-electron chi connectivity index (χ4n) is 2.29. The molecule has 0 unspecified atom stereocenters. The molecule has 2 aromatic rings. The highest BCUT2D eigenvalue weighted by atomic mass is 35.5. The van der Waals surface area contributed by atoms with Gasteiger partial charge >= 0.3 is 0 Å². The summed E-state index contributed by atoms with van der Waals surface area (Å²) in [7, 11) is 0. The first-order chi connectivity index (χ1) is 12.1. The Balaban J connectivity index is 1.77. The van der Waals surface area contributed by atoms with Crippen LogP contribution in [0, 0.1) is 0 Å². The fourth-order valence-corrected chi connectivity index (χ4v) is 2.51. The van der Waals surface area contributed by atoms with Crippen LogP contribution in [0.15, 0.2) is 48.5 Å². The Morgan fingerprint density at radius 1 is 1.08 bits per heavy atom. The SMILES string of the molecule is CCOc1ccccc1C(=O)NCC(=O)NCCc1cccc(Cl)c1. The molecule has 25 heavy (non-hydrogen) atoms. The molecule has 2 N–H and O–H groups in total. The standard InChI is InChI=1S/C19H21ClN2O3/c1-2-25-17-9-4-3-8-16(17)19(24)22-13-18(23)21-11-10-14-6-5-7-15(20)12-14/h3-9,12H,2,10-11,13H2,1H3,(H,21,23)(H,22,24). The Morgan fingerprint density at radius 2 is 1.88 bits per heavy atom. The molecule has 0 aliphatic rings. The van der Waals surface area contributed by atoms with Crippen LogP contribution in [0.5, 0.6) is 5.75 Å². The lowest BCUT2D eigenvalue weighted by atomic mass is 10.1. The van der Waals surface area contributed by atoms with Crippen molar-refractivity contribution in [1.29, 1.82) is 0 Å². The van der Waals surface area contributed by atoms with E-state index in [4.69, 9.17) is 16.3 Å². The lowest BCUT2D eigenvalue weighted by Gasteiger charge is -2.10. The minimum Gasteiger partial charge on any atom is -0.493 e. The maximum absolute atomic E-state index is 12.2. The lowest BCUT2D eigenvalue weighted by Crippen LogP contribution is -2.37. The third kappa shape index (κ3) is 6.12. The second-order valence-corrected chi connectivity index (χ2v) is 5.78. The van der Waals surface area contributed by atoms with Crippen molar-refractivity contribution < 1.29 is 14.3 Å². The smallest absolute Gasteiger partial charge is 0.255 e. The van der Waals surface area contributed by atoms with Crippen molar-refractivity contribution in [3.8, 4) is 5.75 Å². The molecule has 0 heterocycles. The zero-order chi connectivity index (χ0) is 18.1. The number of ether oxygens (including phenoxy) is 1. The van der Waals surface area contributed by atoms with E-state index in [-0.39, 0.29) is 18.4 Å². The number of nitrogens with one attached hydrogen (secondary N) is 2. The molecule has 0 bridgehead atoms. The first kappa shape index (κ1) is 18.8. The van der Waals surface area contributed by atoms with Crippen molar-refractivity contribution in [3.05, 3.63) is 64.7 Å². The summed E-state index contributed by atoms with van der Waals surface area (Å²) in [6.45, 7) is 2.70. The lowest BCUT2D eigenvalue weighted by molar-refractivity contribution is -0.120. The molecule has 0 spiro atoms. The number of rotatable bonds is 8. The van der Waals surface area contributed by atoms with Crippen molar-refractivity contribution in [2.24, 2.45) is 0 Å². The molecule has 0 aromatic heterocycles. The number of benzene rings is 2. The van der Waals surface area contributed by atoms with Crippen LogP contribution in [0.25, 0.3) is 0 Å². The van der Waals surface area contributed by atoms with E-state index in [0.717, 1.165) is 5.56 Å². The molecule has 0 aliphatic heterocycles. The Morgan fingerprint density at radius 3 is 2.64 bits per heavy atom. The minimum absolute atomic E-state index is 0.0885. The first-order valence-electron chi connectivity index (χ1n) is 8.11. The van der Waals surface area contributed by atoms with E-state index in [1.54, 1.807) is 30.3 Å². The molecular formula is C19H21ClN2O3. The third-order valence-electron chi connectivity index (χ3n) is 3.47. The molecule has 5 nitrogen and oxygen atoms in total. The molecule has 0 saturated heterocycles. The van der Waals surface area contributed by atoms with Gasteiger partial charge in [-0.3, -0.25) is 9.59 Å². The molecule has 2 rings (SSSR count). The highest BCUT2D eigenvalue weighted by Gasteiger charge is 2.12. The van der Waals surface area contributed by atoms with E-state index in [1.165, 1.54) is 0 Å². The maximum Gasteiger partial charge on any atom is 0.255 e. The van der Waals surface area contributed by atoms with Crippen LogP contribution in [0.2, 0.25) is 5.02 Å². The van der Waals surface area contributed by atoms with E-state index in [2.05, 4.69) is 10.6 Å². The summed E-state index contributed by atoms with van der Waals surface area (Å²) in [6, 6.07) is 14.4. The fraction of sp³-hybridized carbons (Fsp3) is 0.263. The third-order valence-corrected chi connectivity index (χ3v) is 3.70. The molecule has 2 aromatic carbocycles. The van der Waals surface area contributed by atoms with Crippen LogP contribution in [0.3, 0.4) is 0 Å². The van der Waals surface area contributed by atoms with Gasteiger partial charge in [0.15, 0.2) is 0 Å². The van der Waals surface area contributed by atoms with Crippen LogP contribution >= 0.6 is 11.6 Å². The van der Waals surface area contributed by atoms with Gasteiger partial charge in [0.1, 0.15) is 5.75 Å². The molecule has 0 fully saturated rings. The molecule has 6 heteroatoms. The van der Waals surface area contributed by atoms with Gasteiger partial charge in [0.2, 0.25) is 5.91 Å². The van der Waals surface area contributed by atoms with Gasteiger partial charge in [-0.1, -0.05) is 35.9 Å². The zero-order valence-electron chi connectivity index (χ0n) is 14.0. The molecule has 0 radical (unpaired) electrons. The van der Waals surface area contributed by atoms with Gasteiger partial charge in [0, 0.05) is 11.6 Å². The average Bonchev–Trinajstić information content (AvgIpc) is 2.60. The van der Waals surface area contributed by atoms with Gasteiger partial charge in [-0.05, 0) is 43.2 Å². The molecule has 0 saturated carbocycles. The molecule has 132 valence electrons. The van der Waals surface area contributed by atoms with Crippen molar-refractivity contribution in [1.82, 2.24) is 10.6 Å². The summed E-state index contributed by atoms with van der Waals surface area (Å²) in [4.78, 5) is 24.1. The number of amides is 2. The van der Waals surface area contributed by atoms with Crippen molar-refractivity contribution >= 4 is 23.4 Å². The number of carbonyl (C=O) groups excluding carboxylic acids is 2. The molecule has 0 atom stereocenters. The Hall–Kier alpha value is -2.53. The van der Waals surface area contributed by atoms with Crippen molar-refractivity contribution in [3.63, 3.8) is 0 Å². The van der Waals surface area contributed by atoms with Gasteiger partial charge in [-0.15, -0.1) is 0 Å². The number of carbonyl (C=O) groups is 2. The Labute approximate surface area is 152 Å². The predicted molar refractivity (Wildman–Crippen MR) is 98.1 cm³/mol. The van der Waals surface area contributed by atoms with Gasteiger partial charge in [-0.2, -0.15) is 0 Å². The Kier molecular flexibility index (Phi) is 7.29. The van der Waals surface area contributed by atoms with E-state index in [9.17, 15) is 9.59 Å². The number of hydrogen-bond donors (Lipinski definition) is 2. The zero-order valence-corrected chi connectivity index (χ0v) is 14.8. The number of hydrogen-bond acceptors (Lipinski definition) is 3. The summed E-state index contributed by atoms with van der Waals surface area (Å²) in [5, 5.41) is 6.04. The normalized spacial score (nSPS) is 10.2. The van der Waals surface area contributed by atoms with Gasteiger partial charge < -0.3 is 15.4 Å². The maximum atomic E-state index is 12.2. The van der Waals surface area contributed by atoms with E-state index in [0.29, 0.717) is 35.9 Å². The molecule has 2 amide bonds. The molecule has 0 aliphatic carbocycles. The summed E-state index contributed by atoms with van der Waals surface area (Å²) < 4.78 is 5.42. The summed E-state index contributed by atoms with van der Waals surface area (Å²) >= 11 is 5.92. The first-order valence-corrected chi connectivity index (χ1v) is 8.49. The van der Waals surface area contributed by atoms with Gasteiger partial charge in [0.05, 0.1) is 18.7 Å². The molecular weight excluding hydrogens is 340 g/mol. The van der Waals surface area contributed by atoms with Crippen LogP contribution in [0.4, 0.5) is 0 Å². The topological polar surface area (TPSA) is 67.4 Å². The van der Waals surface area contributed by atoms with Crippen molar-refractivity contribution in [2.75, 3.05) is 19.7 Å². The summed E-state index contributed by atoms with van der Waals surface area (Å²) in [5.41, 5.74) is 1.46.